The zero-order chi connectivity index (χ0) is 26.5. The molecule has 11 heteroatoms. The summed E-state index contributed by atoms with van der Waals surface area (Å²) in [6.45, 7) is 3.49. The minimum atomic E-state index is -5.06. The van der Waals surface area contributed by atoms with Gasteiger partial charge in [-0.1, -0.05) is 90.4 Å². The molecular formula is C24H54N2O7P2. The van der Waals surface area contributed by atoms with Crippen LogP contribution in [0.1, 0.15) is 116 Å². The number of nitrogens with one attached hydrogen (secondary N) is 1. The average Bonchev–Trinajstić information content (AvgIpc) is 2.79. The fourth-order valence-electron chi connectivity index (χ4n) is 3.94. The SMILES string of the molecule is CCCCCCCCCCCCCCCCOCCCOP(=O)(O)C(N)(CCCNC)P(=O)(O)O. The number of ether oxygens (including phenoxy) is 1. The van der Waals surface area contributed by atoms with Crippen LogP contribution >= 0.6 is 15.2 Å². The minimum absolute atomic E-state index is 0.155. The van der Waals surface area contributed by atoms with E-state index in [9.17, 15) is 23.8 Å². The van der Waals surface area contributed by atoms with Crippen molar-refractivity contribution in [2.75, 3.05) is 33.4 Å². The lowest BCUT2D eigenvalue weighted by Gasteiger charge is -2.33. The van der Waals surface area contributed by atoms with Crippen LogP contribution in [0.25, 0.3) is 0 Å². The first kappa shape index (κ1) is 35.2. The van der Waals surface area contributed by atoms with Gasteiger partial charge in [0.05, 0.1) is 6.61 Å². The molecule has 0 aliphatic carbocycles. The monoisotopic (exact) mass is 544 g/mol. The van der Waals surface area contributed by atoms with Crippen LogP contribution in [-0.2, 0) is 18.4 Å². The predicted octanol–water partition coefficient (Wildman–Crippen LogP) is 5.87. The van der Waals surface area contributed by atoms with E-state index in [4.69, 9.17) is 15.0 Å². The summed E-state index contributed by atoms with van der Waals surface area (Å²) in [5.74, 6) is 0. The molecule has 0 aromatic heterocycles. The van der Waals surface area contributed by atoms with Crippen molar-refractivity contribution >= 4 is 15.2 Å². The van der Waals surface area contributed by atoms with E-state index in [1.165, 1.54) is 77.0 Å². The third kappa shape index (κ3) is 16.6. The second-order valence-corrected chi connectivity index (χ2v) is 13.9. The molecule has 0 saturated carbocycles. The Morgan fingerprint density at radius 2 is 1.17 bits per heavy atom. The number of unbranched alkanes of at least 4 members (excludes halogenated alkanes) is 13. The average molecular weight is 545 g/mol. The van der Waals surface area contributed by atoms with Crippen LogP contribution in [0.4, 0.5) is 0 Å². The fraction of sp³-hybridized carbons (Fsp3) is 1.00. The second kappa shape index (κ2) is 21.2. The lowest BCUT2D eigenvalue weighted by Crippen LogP contribution is -2.40. The van der Waals surface area contributed by atoms with Crippen LogP contribution in [0, 0.1) is 0 Å². The molecule has 6 N–H and O–H groups in total. The molecule has 2 unspecified atom stereocenters. The van der Waals surface area contributed by atoms with E-state index in [-0.39, 0.29) is 19.4 Å². The third-order valence-corrected chi connectivity index (χ3v) is 10.8. The van der Waals surface area contributed by atoms with E-state index in [2.05, 4.69) is 12.2 Å². The molecule has 0 aromatic rings. The molecule has 0 aliphatic heterocycles. The number of hydrogen-bond donors (Lipinski definition) is 5. The van der Waals surface area contributed by atoms with Crippen LogP contribution in [-0.4, -0.2) is 53.1 Å². The highest BCUT2D eigenvalue weighted by Crippen LogP contribution is 2.70. The molecule has 0 saturated heterocycles. The number of nitrogens with two attached hydrogens (primary N) is 1. The van der Waals surface area contributed by atoms with Gasteiger partial charge in [-0.2, -0.15) is 0 Å². The summed E-state index contributed by atoms with van der Waals surface area (Å²) in [4.78, 5) is 29.3. The summed E-state index contributed by atoms with van der Waals surface area (Å²) < 4.78 is 34.8. The summed E-state index contributed by atoms with van der Waals surface area (Å²) in [6.07, 6.45) is 18.5. The van der Waals surface area contributed by atoms with E-state index in [0.29, 0.717) is 26.2 Å². The number of hydrogen-bond acceptors (Lipinski definition) is 6. The van der Waals surface area contributed by atoms with Crippen molar-refractivity contribution in [2.45, 2.75) is 121 Å². The van der Waals surface area contributed by atoms with Gasteiger partial charge in [-0.25, -0.2) is 0 Å². The normalized spacial score (nSPS) is 15.7. The van der Waals surface area contributed by atoms with Crippen molar-refractivity contribution in [1.82, 2.24) is 5.32 Å². The smallest absolute Gasteiger partial charge is 0.360 e. The Kier molecular flexibility index (Phi) is 21.3. The van der Waals surface area contributed by atoms with Crippen LogP contribution in [0.15, 0.2) is 0 Å². The van der Waals surface area contributed by atoms with Crippen LogP contribution in [0.3, 0.4) is 0 Å². The van der Waals surface area contributed by atoms with Gasteiger partial charge in [0.15, 0.2) is 0 Å². The van der Waals surface area contributed by atoms with Crippen LogP contribution < -0.4 is 11.1 Å². The molecule has 0 aromatic carbocycles. The predicted molar refractivity (Wildman–Crippen MR) is 144 cm³/mol. The van der Waals surface area contributed by atoms with Crippen molar-refractivity contribution in [3.05, 3.63) is 0 Å². The third-order valence-electron chi connectivity index (χ3n) is 6.31. The zero-order valence-electron chi connectivity index (χ0n) is 22.3. The van der Waals surface area contributed by atoms with Gasteiger partial charge in [-0.15, -0.1) is 0 Å². The van der Waals surface area contributed by atoms with E-state index < -0.39 is 20.2 Å². The molecule has 0 bridgehead atoms. The lowest BCUT2D eigenvalue weighted by atomic mass is 10.0. The highest BCUT2D eigenvalue weighted by molar-refractivity contribution is 7.72. The first-order valence-corrected chi connectivity index (χ1v) is 16.9. The van der Waals surface area contributed by atoms with Gasteiger partial charge in [-0.3, -0.25) is 9.13 Å². The molecule has 9 nitrogen and oxygen atoms in total. The molecule has 212 valence electrons. The molecule has 0 aliphatic rings. The molecule has 0 fully saturated rings. The minimum Gasteiger partial charge on any atom is -0.381 e. The van der Waals surface area contributed by atoms with Crippen LogP contribution in [0.2, 0.25) is 0 Å². The quantitative estimate of drug-likeness (QED) is 0.0665. The standard InChI is InChI=1S/C24H54N2O7P2/c1-3-4-5-6-7-8-9-10-11-12-13-14-15-16-21-32-22-18-23-33-35(30,31)24(25,34(27,28)29)19-17-20-26-2/h26H,3-23,25H2,1-2H3,(H,30,31)(H2,27,28,29). The molecule has 0 rings (SSSR count). The maximum absolute atomic E-state index is 12.5. The van der Waals surface area contributed by atoms with Gasteiger partial charge in [0.2, 0.25) is 5.02 Å². The van der Waals surface area contributed by atoms with Crippen LogP contribution in [0.5, 0.6) is 0 Å². The van der Waals surface area contributed by atoms with E-state index >= 15 is 0 Å². The van der Waals surface area contributed by atoms with Gasteiger partial charge >= 0.3 is 15.2 Å². The summed E-state index contributed by atoms with van der Waals surface area (Å²) in [5.41, 5.74) is 5.71. The summed E-state index contributed by atoms with van der Waals surface area (Å²) in [7, 11) is -8.13. The van der Waals surface area contributed by atoms with Gasteiger partial charge in [-0.05, 0) is 39.3 Å². The van der Waals surface area contributed by atoms with E-state index in [1.54, 1.807) is 7.05 Å². The summed E-state index contributed by atoms with van der Waals surface area (Å²) >= 11 is 0. The molecule has 0 heterocycles. The maximum atomic E-state index is 12.5. The number of rotatable bonds is 26. The maximum Gasteiger partial charge on any atom is 0.360 e. The topological polar surface area (TPSA) is 151 Å². The molecule has 2 atom stereocenters. The van der Waals surface area contributed by atoms with Gasteiger partial charge in [0.25, 0.3) is 0 Å². The Hall–Kier alpha value is 0.180. The second-order valence-electron chi connectivity index (χ2n) is 9.55. The first-order valence-electron chi connectivity index (χ1n) is 13.7. The lowest BCUT2D eigenvalue weighted by molar-refractivity contribution is 0.112. The Bertz CT molecular complexity index is 592. The zero-order valence-corrected chi connectivity index (χ0v) is 24.1. The van der Waals surface area contributed by atoms with E-state index in [0.717, 1.165) is 12.8 Å². The largest absolute Gasteiger partial charge is 0.381 e. The molecule has 0 amide bonds. The Balaban J connectivity index is 3.72. The van der Waals surface area contributed by atoms with Crippen molar-refractivity contribution in [1.29, 1.82) is 0 Å². The molecule has 35 heavy (non-hydrogen) atoms. The fourth-order valence-corrected chi connectivity index (χ4v) is 6.92. The molecule has 0 spiro atoms. The van der Waals surface area contributed by atoms with Crippen molar-refractivity contribution < 1.29 is 33.1 Å². The first-order chi connectivity index (χ1) is 16.6. The van der Waals surface area contributed by atoms with Crippen molar-refractivity contribution in [3.8, 4) is 0 Å². The Morgan fingerprint density at radius 1 is 0.714 bits per heavy atom. The molecule has 0 radical (unpaired) electrons. The highest BCUT2D eigenvalue weighted by atomic mass is 31.2. The van der Waals surface area contributed by atoms with Crippen molar-refractivity contribution in [2.24, 2.45) is 5.73 Å². The van der Waals surface area contributed by atoms with Gasteiger partial charge in [0, 0.05) is 13.2 Å². The molecular weight excluding hydrogens is 490 g/mol. The highest BCUT2D eigenvalue weighted by Gasteiger charge is 2.58. The van der Waals surface area contributed by atoms with Crippen molar-refractivity contribution in [3.63, 3.8) is 0 Å². The van der Waals surface area contributed by atoms with Gasteiger partial charge in [0.1, 0.15) is 0 Å². The Morgan fingerprint density at radius 3 is 1.63 bits per heavy atom. The van der Waals surface area contributed by atoms with Gasteiger partial charge < -0.3 is 35.0 Å². The summed E-state index contributed by atoms with van der Waals surface area (Å²) in [6, 6.07) is 0. The Labute approximate surface area is 214 Å². The van der Waals surface area contributed by atoms with E-state index in [1.807, 2.05) is 0 Å². The summed E-state index contributed by atoms with van der Waals surface area (Å²) in [5, 5.41) is 0.207.